The predicted octanol–water partition coefficient (Wildman–Crippen LogP) is 5.91. The summed E-state index contributed by atoms with van der Waals surface area (Å²) in [4.78, 5) is 14.2. The lowest BCUT2D eigenvalue weighted by molar-refractivity contribution is -0.124. The first kappa shape index (κ1) is 22.0. The van der Waals surface area contributed by atoms with Crippen molar-refractivity contribution in [3.05, 3.63) is 101 Å². The highest BCUT2D eigenvalue weighted by molar-refractivity contribution is 6.00. The Kier molecular flexibility index (Phi) is 6.17. The fourth-order valence-corrected chi connectivity index (χ4v) is 4.63. The van der Waals surface area contributed by atoms with Gasteiger partial charge in [0.15, 0.2) is 0 Å². The standard InChI is InChI=1S/C29H26FNO3/c30-23-10-13-26-27(19-23)34-18-15-25(21-8-11-24(32)12-9-21)29(26)22-6-3-20(4-7-22)5-14-28(33)31-16-1-2-17-31/h3-14,19,32H,1-2,15-18H2/b14-5+. The Hall–Kier alpha value is -3.86. The largest absolute Gasteiger partial charge is 0.508 e. The maximum Gasteiger partial charge on any atom is 0.246 e. The molecule has 1 saturated heterocycles. The van der Waals surface area contributed by atoms with Crippen LogP contribution in [0, 0.1) is 5.82 Å². The second kappa shape index (κ2) is 9.56. The van der Waals surface area contributed by atoms with Crippen LogP contribution in [0.4, 0.5) is 4.39 Å². The molecule has 3 aromatic rings. The molecule has 4 nitrogen and oxygen atoms in total. The van der Waals surface area contributed by atoms with E-state index in [1.54, 1.807) is 24.3 Å². The molecule has 0 aliphatic carbocycles. The molecule has 0 atom stereocenters. The summed E-state index contributed by atoms with van der Waals surface area (Å²) in [6, 6.07) is 19.8. The maximum absolute atomic E-state index is 14.0. The number of halogens is 1. The van der Waals surface area contributed by atoms with E-state index in [4.69, 9.17) is 4.74 Å². The van der Waals surface area contributed by atoms with Gasteiger partial charge >= 0.3 is 0 Å². The third-order valence-electron chi connectivity index (χ3n) is 6.38. The van der Waals surface area contributed by atoms with Crippen molar-refractivity contribution in [1.29, 1.82) is 0 Å². The molecule has 2 heterocycles. The van der Waals surface area contributed by atoms with Gasteiger partial charge in [0.05, 0.1) is 6.61 Å². The zero-order valence-corrected chi connectivity index (χ0v) is 18.8. The first-order chi connectivity index (χ1) is 16.6. The summed E-state index contributed by atoms with van der Waals surface area (Å²) in [7, 11) is 0. The Labute approximate surface area is 198 Å². The predicted molar refractivity (Wildman–Crippen MR) is 132 cm³/mol. The van der Waals surface area contributed by atoms with Crippen molar-refractivity contribution in [3.8, 4) is 11.5 Å². The lowest BCUT2D eigenvalue weighted by Gasteiger charge is -2.16. The Balaban J connectivity index is 1.54. The monoisotopic (exact) mass is 455 g/mol. The van der Waals surface area contributed by atoms with Crippen LogP contribution in [-0.4, -0.2) is 35.6 Å². The molecule has 0 unspecified atom stereocenters. The lowest BCUT2D eigenvalue weighted by Crippen LogP contribution is -2.25. The minimum absolute atomic E-state index is 0.0516. The quantitative estimate of drug-likeness (QED) is 0.498. The molecular formula is C29H26FNO3. The van der Waals surface area contributed by atoms with Crippen LogP contribution in [0.2, 0.25) is 0 Å². The number of hydrogen-bond donors (Lipinski definition) is 1. The zero-order valence-electron chi connectivity index (χ0n) is 18.8. The molecule has 1 fully saturated rings. The Bertz CT molecular complexity index is 1250. The summed E-state index contributed by atoms with van der Waals surface area (Å²) < 4.78 is 19.9. The zero-order chi connectivity index (χ0) is 23.5. The number of benzene rings is 3. The lowest BCUT2D eigenvalue weighted by atomic mass is 9.88. The maximum atomic E-state index is 14.0. The van der Waals surface area contributed by atoms with E-state index in [9.17, 15) is 14.3 Å². The number of likely N-dealkylation sites (tertiary alicyclic amines) is 1. The minimum Gasteiger partial charge on any atom is -0.508 e. The second-order valence-electron chi connectivity index (χ2n) is 8.63. The molecule has 1 N–H and O–H groups in total. The number of nitrogens with zero attached hydrogens (tertiary/aromatic N) is 1. The van der Waals surface area contributed by atoms with Gasteiger partial charge in [-0.15, -0.1) is 0 Å². The molecule has 0 saturated carbocycles. The van der Waals surface area contributed by atoms with E-state index in [0.29, 0.717) is 18.8 Å². The van der Waals surface area contributed by atoms with E-state index < -0.39 is 0 Å². The third-order valence-corrected chi connectivity index (χ3v) is 6.38. The number of phenols is 1. The molecule has 2 aliphatic heterocycles. The number of phenolic OH excluding ortho intramolecular Hbond substituents is 1. The first-order valence-corrected chi connectivity index (χ1v) is 11.6. The fraction of sp³-hybridized carbons (Fsp3) is 0.207. The van der Waals surface area contributed by atoms with Gasteiger partial charge in [-0.05, 0) is 71.0 Å². The summed E-state index contributed by atoms with van der Waals surface area (Å²) in [6.07, 6.45) is 6.27. The molecule has 34 heavy (non-hydrogen) atoms. The molecule has 0 radical (unpaired) electrons. The van der Waals surface area contributed by atoms with Gasteiger partial charge < -0.3 is 14.7 Å². The van der Waals surface area contributed by atoms with Crippen molar-refractivity contribution in [2.45, 2.75) is 19.3 Å². The smallest absolute Gasteiger partial charge is 0.246 e. The van der Waals surface area contributed by atoms with Gasteiger partial charge in [0.1, 0.15) is 17.3 Å². The van der Waals surface area contributed by atoms with Crippen LogP contribution < -0.4 is 4.74 Å². The summed E-state index contributed by atoms with van der Waals surface area (Å²) >= 11 is 0. The van der Waals surface area contributed by atoms with E-state index in [2.05, 4.69) is 0 Å². The number of rotatable bonds is 4. The summed E-state index contributed by atoms with van der Waals surface area (Å²) in [5.41, 5.74) is 5.76. The van der Waals surface area contributed by atoms with Gasteiger partial charge in [0, 0.05) is 37.2 Å². The van der Waals surface area contributed by atoms with E-state index in [1.807, 2.05) is 47.4 Å². The van der Waals surface area contributed by atoms with Crippen LogP contribution in [0.3, 0.4) is 0 Å². The molecular weight excluding hydrogens is 429 g/mol. The number of hydrogen-bond acceptors (Lipinski definition) is 3. The van der Waals surface area contributed by atoms with Gasteiger partial charge in [0.2, 0.25) is 5.91 Å². The highest BCUT2D eigenvalue weighted by Gasteiger charge is 2.22. The molecule has 0 aromatic heterocycles. The fourth-order valence-electron chi connectivity index (χ4n) is 4.63. The van der Waals surface area contributed by atoms with Crippen molar-refractivity contribution in [1.82, 2.24) is 4.90 Å². The third kappa shape index (κ3) is 4.60. The van der Waals surface area contributed by atoms with E-state index in [0.717, 1.165) is 59.3 Å². The van der Waals surface area contributed by atoms with E-state index in [-0.39, 0.29) is 17.5 Å². The number of fused-ring (bicyclic) bond motifs is 1. The first-order valence-electron chi connectivity index (χ1n) is 11.6. The number of carbonyl (C=O) groups excluding carboxylic acids is 1. The number of aromatic hydroxyl groups is 1. The summed E-state index contributed by atoms with van der Waals surface area (Å²) in [5.74, 6) is 0.437. The topological polar surface area (TPSA) is 49.8 Å². The van der Waals surface area contributed by atoms with Crippen molar-refractivity contribution < 1.29 is 19.0 Å². The van der Waals surface area contributed by atoms with Crippen LogP contribution in [-0.2, 0) is 4.79 Å². The summed E-state index contributed by atoms with van der Waals surface area (Å²) in [5, 5.41) is 9.76. The SMILES string of the molecule is O=C(/C=C/c1ccc(C2=C(c3ccc(O)cc3)CCOc3cc(F)ccc32)cc1)N1CCCC1. The molecule has 0 bridgehead atoms. The van der Waals surface area contributed by atoms with Crippen LogP contribution in [0.1, 0.15) is 41.5 Å². The second-order valence-corrected chi connectivity index (χ2v) is 8.63. The minimum atomic E-state index is -0.339. The molecule has 2 aliphatic rings. The van der Waals surface area contributed by atoms with Crippen molar-refractivity contribution in [2.75, 3.05) is 19.7 Å². The van der Waals surface area contributed by atoms with Gasteiger partial charge in [-0.1, -0.05) is 36.4 Å². The Morgan fingerprint density at radius 2 is 1.65 bits per heavy atom. The number of carbonyl (C=O) groups is 1. The van der Waals surface area contributed by atoms with Crippen molar-refractivity contribution in [2.24, 2.45) is 0 Å². The molecule has 5 rings (SSSR count). The van der Waals surface area contributed by atoms with E-state index >= 15 is 0 Å². The van der Waals surface area contributed by atoms with Crippen LogP contribution in [0.15, 0.2) is 72.8 Å². The Morgan fingerprint density at radius 3 is 2.38 bits per heavy atom. The van der Waals surface area contributed by atoms with Crippen molar-refractivity contribution in [3.63, 3.8) is 0 Å². The van der Waals surface area contributed by atoms with Crippen LogP contribution in [0.5, 0.6) is 11.5 Å². The van der Waals surface area contributed by atoms with Gasteiger partial charge in [-0.25, -0.2) is 4.39 Å². The van der Waals surface area contributed by atoms with E-state index in [1.165, 1.54) is 12.1 Å². The van der Waals surface area contributed by atoms with Gasteiger partial charge in [-0.2, -0.15) is 0 Å². The van der Waals surface area contributed by atoms with Crippen molar-refractivity contribution >= 4 is 23.1 Å². The van der Waals surface area contributed by atoms with Crippen LogP contribution in [0.25, 0.3) is 17.2 Å². The summed E-state index contributed by atoms with van der Waals surface area (Å²) in [6.45, 7) is 2.09. The molecule has 172 valence electrons. The normalized spacial score (nSPS) is 15.9. The molecule has 0 spiro atoms. The highest BCUT2D eigenvalue weighted by Crippen LogP contribution is 2.41. The molecule has 5 heteroatoms. The average molecular weight is 456 g/mol. The highest BCUT2D eigenvalue weighted by atomic mass is 19.1. The average Bonchev–Trinajstić information content (AvgIpc) is 3.33. The van der Waals surface area contributed by atoms with Gasteiger partial charge in [0.25, 0.3) is 0 Å². The Morgan fingerprint density at radius 1 is 0.941 bits per heavy atom. The number of ether oxygens (including phenoxy) is 1. The molecule has 1 amide bonds. The van der Waals surface area contributed by atoms with Gasteiger partial charge in [-0.3, -0.25) is 4.79 Å². The van der Waals surface area contributed by atoms with Crippen LogP contribution >= 0.6 is 0 Å². The molecule has 3 aromatic carbocycles. The number of amides is 1.